The molecule has 0 saturated carbocycles. The van der Waals surface area contributed by atoms with Crippen molar-refractivity contribution in [3.05, 3.63) is 12.4 Å². The normalized spacial score (nSPS) is 21.2. The molecule has 0 spiro atoms. The van der Waals surface area contributed by atoms with Gasteiger partial charge in [0.2, 0.25) is 5.95 Å². The van der Waals surface area contributed by atoms with Gasteiger partial charge in [0.1, 0.15) is 0 Å². The van der Waals surface area contributed by atoms with Crippen LogP contribution in [-0.4, -0.2) is 40.5 Å². The molecule has 3 N–H and O–H groups in total. The molecule has 88 valence electrons. The third kappa shape index (κ3) is 2.61. The Labute approximate surface area is 96.1 Å². The molecule has 1 atom stereocenters. The van der Waals surface area contributed by atoms with Crippen molar-refractivity contribution < 1.29 is 0 Å². The van der Waals surface area contributed by atoms with Crippen molar-refractivity contribution in [3.8, 4) is 0 Å². The van der Waals surface area contributed by atoms with E-state index in [2.05, 4.69) is 27.1 Å². The van der Waals surface area contributed by atoms with Crippen LogP contribution in [-0.2, 0) is 0 Å². The summed E-state index contributed by atoms with van der Waals surface area (Å²) in [6.45, 7) is 5.45. The summed E-state index contributed by atoms with van der Waals surface area (Å²) in [5.74, 6) is 0.664. The number of nitrogens with one attached hydrogen (secondary N) is 1. The Bertz CT molecular complexity index is 324. The van der Waals surface area contributed by atoms with Gasteiger partial charge < -0.3 is 11.1 Å². The second-order valence-electron chi connectivity index (χ2n) is 4.15. The Morgan fingerprint density at radius 2 is 2.25 bits per heavy atom. The van der Waals surface area contributed by atoms with E-state index in [1.165, 1.54) is 19.4 Å². The van der Waals surface area contributed by atoms with E-state index in [1.54, 1.807) is 12.4 Å². The van der Waals surface area contributed by atoms with Gasteiger partial charge in [-0.3, -0.25) is 4.90 Å². The first-order chi connectivity index (χ1) is 7.79. The highest BCUT2D eigenvalue weighted by Gasteiger charge is 2.22. The number of nitrogen functional groups attached to an aromatic ring is 1. The number of likely N-dealkylation sites (tertiary alicyclic amines) is 1. The van der Waals surface area contributed by atoms with E-state index >= 15 is 0 Å². The molecular weight excluding hydrogens is 202 g/mol. The second-order valence-corrected chi connectivity index (χ2v) is 4.15. The molecule has 0 aliphatic carbocycles. The summed E-state index contributed by atoms with van der Waals surface area (Å²) >= 11 is 0. The fourth-order valence-corrected chi connectivity index (χ4v) is 2.18. The van der Waals surface area contributed by atoms with E-state index in [0.29, 0.717) is 17.7 Å². The molecule has 2 heterocycles. The molecule has 1 fully saturated rings. The van der Waals surface area contributed by atoms with Crippen LogP contribution in [0, 0.1) is 0 Å². The largest absolute Gasteiger partial charge is 0.396 e. The van der Waals surface area contributed by atoms with Crippen LogP contribution in [0.3, 0.4) is 0 Å². The SMILES string of the molecule is CCN1CCCC1CNc1ncc(N)cn1. The third-order valence-corrected chi connectivity index (χ3v) is 3.07. The molecule has 5 heteroatoms. The van der Waals surface area contributed by atoms with Gasteiger partial charge in [-0.1, -0.05) is 6.92 Å². The molecule has 1 aromatic heterocycles. The molecule has 1 aromatic rings. The molecule has 1 saturated heterocycles. The zero-order chi connectivity index (χ0) is 11.4. The summed E-state index contributed by atoms with van der Waals surface area (Å²) in [4.78, 5) is 10.7. The highest BCUT2D eigenvalue weighted by atomic mass is 15.2. The Morgan fingerprint density at radius 1 is 1.50 bits per heavy atom. The van der Waals surface area contributed by atoms with Crippen molar-refractivity contribution in [3.63, 3.8) is 0 Å². The van der Waals surface area contributed by atoms with Crippen molar-refractivity contribution >= 4 is 11.6 Å². The standard InChI is InChI=1S/C11H19N5/c1-2-16-5-3-4-10(16)8-15-11-13-6-9(12)7-14-11/h6-7,10H,2-5,8,12H2,1H3,(H,13,14,15). The maximum Gasteiger partial charge on any atom is 0.222 e. The fraction of sp³-hybridized carbons (Fsp3) is 0.636. The summed E-state index contributed by atoms with van der Waals surface area (Å²) in [6, 6.07) is 0.617. The average Bonchev–Trinajstić information content (AvgIpc) is 2.76. The average molecular weight is 221 g/mol. The number of nitrogens with zero attached hydrogens (tertiary/aromatic N) is 3. The van der Waals surface area contributed by atoms with Gasteiger partial charge in [-0.15, -0.1) is 0 Å². The van der Waals surface area contributed by atoms with Crippen molar-refractivity contribution in [2.24, 2.45) is 0 Å². The van der Waals surface area contributed by atoms with Gasteiger partial charge in [-0.25, -0.2) is 9.97 Å². The van der Waals surface area contributed by atoms with Crippen LogP contribution in [0.1, 0.15) is 19.8 Å². The van der Waals surface area contributed by atoms with Crippen LogP contribution in [0.4, 0.5) is 11.6 Å². The minimum absolute atomic E-state index is 0.599. The quantitative estimate of drug-likeness (QED) is 0.792. The van der Waals surface area contributed by atoms with Crippen LogP contribution in [0.25, 0.3) is 0 Å². The predicted octanol–water partition coefficient (Wildman–Crippen LogP) is 0.955. The molecule has 16 heavy (non-hydrogen) atoms. The Kier molecular flexibility index (Phi) is 3.56. The molecule has 0 aromatic carbocycles. The highest BCUT2D eigenvalue weighted by Crippen LogP contribution is 2.16. The molecule has 1 aliphatic rings. The maximum atomic E-state index is 5.53. The Hall–Kier alpha value is -1.36. The lowest BCUT2D eigenvalue weighted by molar-refractivity contribution is 0.277. The van der Waals surface area contributed by atoms with Crippen molar-refractivity contribution in [1.29, 1.82) is 0 Å². The summed E-state index contributed by atoms with van der Waals surface area (Å²) in [7, 11) is 0. The molecule has 2 rings (SSSR count). The minimum Gasteiger partial charge on any atom is -0.396 e. The zero-order valence-electron chi connectivity index (χ0n) is 9.69. The molecule has 1 aliphatic heterocycles. The number of aromatic nitrogens is 2. The number of hydrogen-bond acceptors (Lipinski definition) is 5. The molecule has 0 bridgehead atoms. The van der Waals surface area contributed by atoms with Gasteiger partial charge in [0, 0.05) is 12.6 Å². The first-order valence-electron chi connectivity index (χ1n) is 5.85. The van der Waals surface area contributed by atoms with Crippen molar-refractivity contribution in [1.82, 2.24) is 14.9 Å². The van der Waals surface area contributed by atoms with Crippen LogP contribution in [0.15, 0.2) is 12.4 Å². The lowest BCUT2D eigenvalue weighted by Crippen LogP contribution is -2.34. The number of rotatable bonds is 4. The van der Waals surface area contributed by atoms with Gasteiger partial charge in [0.15, 0.2) is 0 Å². The van der Waals surface area contributed by atoms with Gasteiger partial charge in [0.25, 0.3) is 0 Å². The summed E-state index contributed by atoms with van der Waals surface area (Å²) in [6.07, 6.45) is 5.81. The summed E-state index contributed by atoms with van der Waals surface area (Å²) < 4.78 is 0. The monoisotopic (exact) mass is 221 g/mol. The minimum atomic E-state index is 0.599. The van der Waals surface area contributed by atoms with E-state index < -0.39 is 0 Å². The topological polar surface area (TPSA) is 67.1 Å². The summed E-state index contributed by atoms with van der Waals surface area (Å²) in [5, 5.41) is 3.26. The Balaban J connectivity index is 1.85. The van der Waals surface area contributed by atoms with Crippen LogP contribution in [0.2, 0.25) is 0 Å². The maximum absolute atomic E-state index is 5.53. The molecule has 5 nitrogen and oxygen atoms in total. The zero-order valence-corrected chi connectivity index (χ0v) is 9.69. The van der Waals surface area contributed by atoms with Gasteiger partial charge in [-0.05, 0) is 25.9 Å². The number of anilines is 2. The fourth-order valence-electron chi connectivity index (χ4n) is 2.18. The van der Waals surface area contributed by atoms with Crippen LogP contribution in [0.5, 0.6) is 0 Å². The van der Waals surface area contributed by atoms with E-state index in [4.69, 9.17) is 5.73 Å². The van der Waals surface area contributed by atoms with E-state index in [-0.39, 0.29) is 0 Å². The molecule has 1 unspecified atom stereocenters. The predicted molar refractivity (Wildman–Crippen MR) is 65.2 cm³/mol. The van der Waals surface area contributed by atoms with E-state index in [1.807, 2.05) is 0 Å². The molecular formula is C11H19N5. The molecule has 0 amide bonds. The number of hydrogen-bond donors (Lipinski definition) is 2. The number of likely N-dealkylation sites (N-methyl/N-ethyl adjacent to an activating group) is 1. The van der Waals surface area contributed by atoms with E-state index in [9.17, 15) is 0 Å². The molecule has 0 radical (unpaired) electrons. The lowest BCUT2D eigenvalue weighted by Gasteiger charge is -2.22. The van der Waals surface area contributed by atoms with Crippen LogP contribution < -0.4 is 11.1 Å². The highest BCUT2D eigenvalue weighted by molar-refractivity contribution is 5.35. The van der Waals surface area contributed by atoms with Gasteiger partial charge >= 0.3 is 0 Å². The lowest BCUT2D eigenvalue weighted by atomic mass is 10.2. The smallest absolute Gasteiger partial charge is 0.222 e. The first kappa shape index (κ1) is 11.1. The first-order valence-corrected chi connectivity index (χ1v) is 5.85. The van der Waals surface area contributed by atoms with Gasteiger partial charge in [0.05, 0.1) is 18.1 Å². The summed E-state index contributed by atoms with van der Waals surface area (Å²) in [5.41, 5.74) is 6.13. The van der Waals surface area contributed by atoms with E-state index in [0.717, 1.165) is 13.1 Å². The van der Waals surface area contributed by atoms with Crippen molar-refractivity contribution in [2.45, 2.75) is 25.8 Å². The third-order valence-electron chi connectivity index (χ3n) is 3.07. The second kappa shape index (κ2) is 5.12. The number of nitrogens with two attached hydrogens (primary N) is 1. The Morgan fingerprint density at radius 3 is 2.94 bits per heavy atom. The van der Waals surface area contributed by atoms with Gasteiger partial charge in [-0.2, -0.15) is 0 Å². The van der Waals surface area contributed by atoms with Crippen LogP contribution >= 0.6 is 0 Å². The van der Waals surface area contributed by atoms with Crippen molar-refractivity contribution in [2.75, 3.05) is 30.7 Å².